The number of rotatable bonds is 4. The summed E-state index contributed by atoms with van der Waals surface area (Å²) in [7, 11) is -1.91. The summed E-state index contributed by atoms with van der Waals surface area (Å²) in [5.41, 5.74) is 0.524. The van der Waals surface area contributed by atoms with E-state index in [1.165, 1.54) is 34.8 Å². The number of sulfonamides is 1. The Balaban J connectivity index is 1.61. The van der Waals surface area contributed by atoms with Crippen molar-refractivity contribution in [3.05, 3.63) is 42.1 Å². The lowest BCUT2D eigenvalue weighted by Gasteiger charge is -2.29. The number of piperidine rings is 1. The van der Waals surface area contributed by atoms with Crippen LogP contribution in [0.3, 0.4) is 0 Å². The largest absolute Gasteiger partial charge is 0.337 e. The number of halogens is 1. The van der Waals surface area contributed by atoms with Crippen LogP contribution in [0.2, 0.25) is 0 Å². The number of anilines is 1. The maximum atomic E-state index is 12.9. The first-order valence-corrected chi connectivity index (χ1v) is 9.78. The van der Waals surface area contributed by atoms with Gasteiger partial charge in [0.05, 0.1) is 0 Å². The molecule has 9 heteroatoms. The van der Waals surface area contributed by atoms with Gasteiger partial charge in [-0.3, -0.25) is 4.79 Å². The molecule has 1 saturated heterocycles. The molecule has 2 aromatic rings. The van der Waals surface area contributed by atoms with Crippen LogP contribution in [-0.2, 0) is 21.9 Å². The Hall–Kier alpha value is -2.26. The molecule has 1 amide bonds. The molecule has 0 atom stereocenters. The van der Waals surface area contributed by atoms with Crippen molar-refractivity contribution in [2.24, 2.45) is 13.0 Å². The fraction of sp³-hybridized carbons (Fsp3) is 0.412. The topological polar surface area (TPSA) is 84.3 Å². The van der Waals surface area contributed by atoms with Gasteiger partial charge in [0, 0.05) is 37.9 Å². The normalized spacial score (nSPS) is 16.6. The van der Waals surface area contributed by atoms with Gasteiger partial charge in [-0.15, -0.1) is 0 Å². The van der Waals surface area contributed by atoms with Crippen LogP contribution in [0.1, 0.15) is 18.7 Å². The molecular formula is C17H21FN4O3S. The molecule has 0 unspecified atom stereocenters. The molecule has 1 aliphatic rings. The van der Waals surface area contributed by atoms with E-state index in [0.717, 1.165) is 0 Å². The Labute approximate surface area is 151 Å². The maximum Gasteiger partial charge on any atom is 0.262 e. The number of aryl methyl sites for hydroxylation is 2. The lowest BCUT2D eigenvalue weighted by Crippen LogP contribution is -2.41. The van der Waals surface area contributed by atoms with Crippen molar-refractivity contribution in [1.82, 2.24) is 13.9 Å². The van der Waals surface area contributed by atoms with Gasteiger partial charge in [0.25, 0.3) is 10.0 Å². The lowest BCUT2D eigenvalue weighted by molar-refractivity contribution is -0.120. The van der Waals surface area contributed by atoms with Crippen LogP contribution < -0.4 is 5.32 Å². The highest BCUT2D eigenvalue weighted by atomic mass is 32.2. The minimum Gasteiger partial charge on any atom is -0.337 e. The highest BCUT2D eigenvalue weighted by molar-refractivity contribution is 7.89. The van der Waals surface area contributed by atoms with Crippen LogP contribution in [0.25, 0.3) is 0 Å². The third-order valence-corrected chi connectivity index (χ3v) is 6.40. The number of carbonyl (C=O) groups excluding carboxylic acids is 1. The summed E-state index contributed by atoms with van der Waals surface area (Å²) in [4.78, 5) is 16.4. The third kappa shape index (κ3) is 3.78. The zero-order chi connectivity index (χ0) is 18.9. The van der Waals surface area contributed by atoms with Crippen molar-refractivity contribution in [3.63, 3.8) is 0 Å². The number of hydrogen-bond acceptors (Lipinski definition) is 4. The lowest BCUT2D eigenvalue weighted by atomic mass is 9.97. The summed E-state index contributed by atoms with van der Waals surface area (Å²) < 4.78 is 41.3. The molecule has 2 heterocycles. The number of hydrogen-bond donors (Lipinski definition) is 1. The van der Waals surface area contributed by atoms with E-state index in [1.807, 2.05) is 0 Å². The summed E-state index contributed by atoms with van der Waals surface area (Å²) in [6.45, 7) is 2.27. The molecule has 3 rings (SSSR count). The highest BCUT2D eigenvalue weighted by Crippen LogP contribution is 2.24. The second-order valence-corrected chi connectivity index (χ2v) is 8.30. The molecule has 0 spiro atoms. The molecule has 0 aliphatic carbocycles. The molecule has 0 radical (unpaired) electrons. The van der Waals surface area contributed by atoms with E-state index in [1.54, 1.807) is 18.5 Å². The van der Waals surface area contributed by atoms with Crippen molar-refractivity contribution >= 4 is 21.6 Å². The Morgan fingerprint density at radius 1 is 1.23 bits per heavy atom. The first-order valence-electron chi connectivity index (χ1n) is 8.34. The van der Waals surface area contributed by atoms with E-state index in [-0.39, 0.29) is 35.8 Å². The zero-order valence-electron chi connectivity index (χ0n) is 14.6. The molecule has 140 valence electrons. The van der Waals surface area contributed by atoms with Crippen molar-refractivity contribution in [2.75, 3.05) is 18.4 Å². The summed E-state index contributed by atoms with van der Waals surface area (Å²) in [5.74, 6) is -0.206. The van der Waals surface area contributed by atoms with Crippen LogP contribution in [-0.4, -0.2) is 41.3 Å². The number of carbonyl (C=O) groups is 1. The number of nitrogens with one attached hydrogen (secondary N) is 1. The fourth-order valence-corrected chi connectivity index (χ4v) is 4.41. The van der Waals surface area contributed by atoms with Gasteiger partial charge in [0.1, 0.15) is 11.6 Å². The van der Waals surface area contributed by atoms with Gasteiger partial charge < -0.3 is 9.88 Å². The predicted molar refractivity (Wildman–Crippen MR) is 94.5 cm³/mol. The van der Waals surface area contributed by atoms with E-state index >= 15 is 0 Å². The molecule has 7 nitrogen and oxygen atoms in total. The monoisotopic (exact) mass is 380 g/mol. The maximum absolute atomic E-state index is 12.9. The second kappa shape index (κ2) is 7.16. The van der Waals surface area contributed by atoms with Crippen LogP contribution in [0, 0.1) is 18.7 Å². The van der Waals surface area contributed by atoms with E-state index in [2.05, 4.69) is 10.3 Å². The minimum atomic E-state index is -3.65. The van der Waals surface area contributed by atoms with E-state index in [4.69, 9.17) is 0 Å². The third-order valence-electron chi connectivity index (χ3n) is 4.63. The quantitative estimate of drug-likeness (QED) is 0.878. The zero-order valence-corrected chi connectivity index (χ0v) is 15.5. The van der Waals surface area contributed by atoms with Gasteiger partial charge in [-0.05, 0) is 44.0 Å². The highest BCUT2D eigenvalue weighted by Gasteiger charge is 2.33. The molecule has 1 N–H and O–H groups in total. The molecule has 26 heavy (non-hydrogen) atoms. The molecule has 1 fully saturated rings. The van der Waals surface area contributed by atoms with Gasteiger partial charge >= 0.3 is 0 Å². The van der Waals surface area contributed by atoms with Crippen molar-refractivity contribution in [3.8, 4) is 0 Å². The average molecular weight is 380 g/mol. The number of amides is 1. The van der Waals surface area contributed by atoms with Crippen molar-refractivity contribution < 1.29 is 17.6 Å². The van der Waals surface area contributed by atoms with Gasteiger partial charge in [0.2, 0.25) is 5.91 Å². The Bertz CT molecular complexity index is 881. The Kier molecular flexibility index (Phi) is 5.10. The number of nitrogens with zero attached hydrogens (tertiary/aromatic N) is 3. The number of imidazole rings is 1. The number of benzene rings is 1. The summed E-state index contributed by atoms with van der Waals surface area (Å²) in [6, 6.07) is 5.55. The Morgan fingerprint density at radius 3 is 2.38 bits per heavy atom. The first kappa shape index (κ1) is 18.5. The molecule has 1 aliphatic heterocycles. The van der Waals surface area contributed by atoms with Crippen molar-refractivity contribution in [2.45, 2.75) is 24.8 Å². The minimum absolute atomic E-state index is 0.0340. The standard InChI is InChI=1S/C17H21FN4O3S/c1-12-19-16(11-21(12)2)26(24,25)22-9-7-13(8-10-22)17(23)20-15-5-3-14(18)4-6-15/h3-6,11,13H,7-10H2,1-2H3,(H,20,23). The summed E-state index contributed by atoms with van der Waals surface area (Å²) in [6.07, 6.45) is 2.36. The average Bonchev–Trinajstić information content (AvgIpc) is 2.97. The molecule has 0 saturated carbocycles. The molecule has 1 aromatic heterocycles. The van der Waals surface area contributed by atoms with Crippen LogP contribution in [0.4, 0.5) is 10.1 Å². The molecular weight excluding hydrogens is 359 g/mol. The van der Waals surface area contributed by atoms with Crippen LogP contribution in [0.15, 0.2) is 35.5 Å². The summed E-state index contributed by atoms with van der Waals surface area (Å²) in [5, 5.41) is 2.78. The van der Waals surface area contributed by atoms with Gasteiger partial charge in [-0.25, -0.2) is 17.8 Å². The smallest absolute Gasteiger partial charge is 0.262 e. The van der Waals surface area contributed by atoms with E-state index in [0.29, 0.717) is 24.4 Å². The number of aromatic nitrogens is 2. The van der Waals surface area contributed by atoms with E-state index < -0.39 is 10.0 Å². The molecule has 0 bridgehead atoms. The predicted octanol–water partition coefficient (Wildman–Crippen LogP) is 1.91. The fourth-order valence-electron chi connectivity index (χ4n) is 2.92. The first-order chi connectivity index (χ1) is 12.3. The second-order valence-electron chi connectivity index (χ2n) is 6.41. The van der Waals surface area contributed by atoms with E-state index in [9.17, 15) is 17.6 Å². The van der Waals surface area contributed by atoms with Gasteiger partial charge in [0.15, 0.2) is 5.03 Å². The van der Waals surface area contributed by atoms with Gasteiger partial charge in [-0.1, -0.05) is 0 Å². The van der Waals surface area contributed by atoms with Gasteiger partial charge in [-0.2, -0.15) is 4.31 Å². The SMILES string of the molecule is Cc1nc(S(=O)(=O)N2CCC(C(=O)Nc3ccc(F)cc3)CC2)cn1C. The Morgan fingerprint density at radius 2 is 1.85 bits per heavy atom. The van der Waals surface area contributed by atoms with Crippen LogP contribution in [0.5, 0.6) is 0 Å². The molecule has 1 aromatic carbocycles. The van der Waals surface area contributed by atoms with Crippen LogP contribution >= 0.6 is 0 Å². The summed E-state index contributed by atoms with van der Waals surface area (Å²) >= 11 is 0. The van der Waals surface area contributed by atoms with Crippen molar-refractivity contribution in [1.29, 1.82) is 0 Å².